The van der Waals surface area contributed by atoms with Crippen molar-refractivity contribution in [2.75, 3.05) is 37.3 Å². The molecule has 0 bridgehead atoms. The third kappa shape index (κ3) is 3.98. The first-order chi connectivity index (χ1) is 13.1. The molecule has 1 fully saturated rings. The molecule has 0 atom stereocenters. The molecule has 1 aliphatic heterocycles. The van der Waals surface area contributed by atoms with Gasteiger partial charge in [0.25, 0.3) is 0 Å². The number of hydrogen-bond acceptors (Lipinski definition) is 6. The van der Waals surface area contributed by atoms with Gasteiger partial charge in [0.2, 0.25) is 0 Å². The Hall–Kier alpha value is -2.58. The average molecular weight is 413 g/mol. The first-order valence-corrected chi connectivity index (χ1v) is 10.4. The third-order valence-electron chi connectivity index (χ3n) is 4.39. The summed E-state index contributed by atoms with van der Waals surface area (Å²) in [4.78, 5) is 1.74. The summed E-state index contributed by atoms with van der Waals surface area (Å²) in [5.74, 6) is 0.0608. The van der Waals surface area contributed by atoms with E-state index in [0.29, 0.717) is 26.1 Å². The number of alkyl halides is 3. The van der Waals surface area contributed by atoms with Crippen LogP contribution in [0.5, 0.6) is 0 Å². The second-order valence-electron chi connectivity index (χ2n) is 6.43. The fourth-order valence-electron chi connectivity index (χ4n) is 3.07. The number of hydrogen-bond donors (Lipinski definition) is 1. The van der Waals surface area contributed by atoms with E-state index in [1.54, 1.807) is 11.0 Å². The first kappa shape index (κ1) is 20.2. The van der Waals surface area contributed by atoms with Crippen molar-refractivity contribution < 1.29 is 21.6 Å². The highest BCUT2D eigenvalue weighted by Crippen LogP contribution is 2.37. The lowest BCUT2D eigenvalue weighted by atomic mass is 10.2. The number of aromatic nitrogens is 2. The standard InChI is InChI=1S/C17H18F3N5O2S/c1-28(26,27)13-5-3-12(4-6-13)25-16(24-9-2-7-22-8-10-24)14(11-21)15(23-25)17(18,19)20/h3-6,22H,2,7-10H2,1H3. The topological polar surface area (TPSA) is 91.0 Å². The molecule has 0 aliphatic carbocycles. The fourth-order valence-corrected chi connectivity index (χ4v) is 3.71. The van der Waals surface area contributed by atoms with E-state index >= 15 is 0 Å². The molecule has 2 aromatic rings. The Kier molecular flexibility index (Phi) is 5.36. The number of nitriles is 1. The Morgan fingerprint density at radius 2 is 1.86 bits per heavy atom. The van der Waals surface area contributed by atoms with E-state index in [4.69, 9.17) is 0 Å². The Bertz CT molecular complexity index is 999. The molecular weight excluding hydrogens is 395 g/mol. The van der Waals surface area contributed by atoms with Gasteiger partial charge < -0.3 is 10.2 Å². The van der Waals surface area contributed by atoms with Gasteiger partial charge in [-0.05, 0) is 37.2 Å². The monoisotopic (exact) mass is 413 g/mol. The maximum atomic E-state index is 13.5. The van der Waals surface area contributed by atoms with Gasteiger partial charge in [-0.15, -0.1) is 0 Å². The van der Waals surface area contributed by atoms with Gasteiger partial charge in [-0.3, -0.25) is 0 Å². The second-order valence-corrected chi connectivity index (χ2v) is 8.44. The molecule has 2 heterocycles. The molecule has 11 heteroatoms. The van der Waals surface area contributed by atoms with Crippen molar-refractivity contribution in [1.82, 2.24) is 15.1 Å². The van der Waals surface area contributed by atoms with Crippen LogP contribution in [0.4, 0.5) is 19.0 Å². The molecule has 1 aromatic heterocycles. The summed E-state index contributed by atoms with van der Waals surface area (Å²) in [7, 11) is -3.45. The van der Waals surface area contributed by atoms with E-state index in [2.05, 4.69) is 10.4 Å². The van der Waals surface area contributed by atoms with Crippen LogP contribution < -0.4 is 10.2 Å². The van der Waals surface area contributed by atoms with Crippen LogP contribution >= 0.6 is 0 Å². The third-order valence-corrected chi connectivity index (χ3v) is 5.52. The number of sulfone groups is 1. The largest absolute Gasteiger partial charge is 0.436 e. The highest BCUT2D eigenvalue weighted by molar-refractivity contribution is 7.90. The molecule has 28 heavy (non-hydrogen) atoms. The number of benzene rings is 1. The Morgan fingerprint density at radius 3 is 2.43 bits per heavy atom. The summed E-state index contributed by atoms with van der Waals surface area (Å²) >= 11 is 0. The minimum atomic E-state index is -4.79. The molecule has 0 unspecified atom stereocenters. The van der Waals surface area contributed by atoms with Gasteiger partial charge in [0.15, 0.2) is 21.3 Å². The zero-order chi connectivity index (χ0) is 20.5. The van der Waals surface area contributed by atoms with E-state index in [0.717, 1.165) is 17.5 Å². The summed E-state index contributed by atoms with van der Waals surface area (Å²) in [6, 6.07) is 7.02. The molecule has 150 valence electrons. The maximum absolute atomic E-state index is 13.5. The molecule has 1 aromatic carbocycles. The highest BCUT2D eigenvalue weighted by atomic mass is 32.2. The first-order valence-electron chi connectivity index (χ1n) is 8.49. The summed E-state index contributed by atoms with van der Waals surface area (Å²) in [6.45, 7) is 2.16. The highest BCUT2D eigenvalue weighted by Gasteiger charge is 2.41. The minimum absolute atomic E-state index is 0.0421. The molecule has 0 spiro atoms. The Balaban J connectivity index is 2.19. The molecule has 1 N–H and O–H groups in total. The van der Waals surface area contributed by atoms with Crippen molar-refractivity contribution in [2.45, 2.75) is 17.5 Å². The molecule has 0 radical (unpaired) electrons. The Morgan fingerprint density at radius 1 is 1.18 bits per heavy atom. The molecule has 3 rings (SSSR count). The summed E-state index contributed by atoms with van der Waals surface area (Å²) in [5, 5.41) is 16.3. The van der Waals surface area contributed by atoms with Gasteiger partial charge in [0.05, 0.1) is 10.6 Å². The quantitative estimate of drug-likeness (QED) is 0.827. The summed E-state index contributed by atoms with van der Waals surface area (Å²) in [5.41, 5.74) is -1.55. The number of nitrogens with zero attached hydrogens (tertiary/aromatic N) is 4. The van der Waals surface area contributed by atoms with E-state index in [1.165, 1.54) is 24.3 Å². The lowest BCUT2D eigenvalue weighted by Crippen LogP contribution is -2.30. The molecule has 0 saturated carbocycles. The number of anilines is 1. The van der Waals surface area contributed by atoms with Crippen LogP contribution in [0, 0.1) is 11.3 Å². The predicted octanol–water partition coefficient (Wildman–Crippen LogP) is 1.97. The van der Waals surface area contributed by atoms with E-state index < -0.39 is 27.3 Å². The Labute approximate surface area is 160 Å². The van der Waals surface area contributed by atoms with Crippen molar-refractivity contribution in [1.29, 1.82) is 5.26 Å². The molecule has 1 aliphatic rings. The van der Waals surface area contributed by atoms with Gasteiger partial charge in [0, 0.05) is 25.9 Å². The van der Waals surface area contributed by atoms with Gasteiger partial charge in [0.1, 0.15) is 11.6 Å². The van der Waals surface area contributed by atoms with Crippen molar-refractivity contribution in [3.63, 3.8) is 0 Å². The van der Waals surface area contributed by atoms with Crippen LogP contribution in [-0.2, 0) is 16.0 Å². The molecule has 0 amide bonds. The van der Waals surface area contributed by atoms with Crippen molar-refractivity contribution in [2.24, 2.45) is 0 Å². The smallest absolute Gasteiger partial charge is 0.354 e. The van der Waals surface area contributed by atoms with E-state index in [1.807, 2.05) is 0 Å². The fraction of sp³-hybridized carbons (Fsp3) is 0.412. The average Bonchev–Trinajstić information content (AvgIpc) is 2.82. The molecule has 1 saturated heterocycles. The predicted molar refractivity (Wildman–Crippen MR) is 96.1 cm³/mol. The van der Waals surface area contributed by atoms with Crippen LogP contribution in [0.15, 0.2) is 29.2 Å². The lowest BCUT2D eigenvalue weighted by Gasteiger charge is -2.23. The van der Waals surface area contributed by atoms with Crippen LogP contribution in [0.25, 0.3) is 5.69 Å². The van der Waals surface area contributed by atoms with E-state index in [-0.39, 0.29) is 16.4 Å². The lowest BCUT2D eigenvalue weighted by molar-refractivity contribution is -0.141. The van der Waals surface area contributed by atoms with Crippen LogP contribution in [-0.4, -0.2) is 50.6 Å². The van der Waals surface area contributed by atoms with Gasteiger partial charge in [-0.25, -0.2) is 13.1 Å². The normalized spacial score (nSPS) is 15.9. The zero-order valence-electron chi connectivity index (χ0n) is 15.0. The number of nitrogens with one attached hydrogen (secondary N) is 1. The zero-order valence-corrected chi connectivity index (χ0v) is 15.8. The van der Waals surface area contributed by atoms with Crippen LogP contribution in [0.3, 0.4) is 0 Å². The molecule has 7 nitrogen and oxygen atoms in total. The van der Waals surface area contributed by atoms with E-state index in [9.17, 15) is 26.9 Å². The number of rotatable bonds is 3. The summed E-state index contributed by atoms with van der Waals surface area (Å²) in [6.07, 6.45) is -3.05. The van der Waals surface area contributed by atoms with Gasteiger partial charge in [-0.2, -0.15) is 23.5 Å². The number of halogens is 3. The SMILES string of the molecule is CS(=O)(=O)c1ccc(-n2nc(C(F)(F)F)c(C#N)c2N2CCCNCC2)cc1. The van der Waals surface area contributed by atoms with Crippen molar-refractivity contribution in [3.05, 3.63) is 35.5 Å². The van der Waals surface area contributed by atoms with Crippen LogP contribution in [0.2, 0.25) is 0 Å². The van der Waals surface area contributed by atoms with Crippen molar-refractivity contribution in [3.8, 4) is 11.8 Å². The molecular formula is C17H18F3N5O2S. The van der Waals surface area contributed by atoms with Gasteiger partial charge in [-0.1, -0.05) is 0 Å². The van der Waals surface area contributed by atoms with Crippen molar-refractivity contribution >= 4 is 15.7 Å². The van der Waals surface area contributed by atoms with Crippen LogP contribution in [0.1, 0.15) is 17.7 Å². The van der Waals surface area contributed by atoms with Gasteiger partial charge >= 0.3 is 6.18 Å². The second kappa shape index (κ2) is 7.44. The minimum Gasteiger partial charge on any atom is -0.354 e. The summed E-state index contributed by atoms with van der Waals surface area (Å²) < 4.78 is 64.8. The maximum Gasteiger partial charge on any atom is 0.436 e.